The summed E-state index contributed by atoms with van der Waals surface area (Å²) in [5, 5.41) is 33.3. The second-order valence-electron chi connectivity index (χ2n) is 11.7. The van der Waals surface area contributed by atoms with Crippen molar-refractivity contribution in [1.29, 1.82) is 0 Å². The van der Waals surface area contributed by atoms with Crippen molar-refractivity contribution >= 4 is 5.91 Å². The van der Waals surface area contributed by atoms with Gasteiger partial charge in [0.25, 0.3) is 0 Å². The number of piperidine rings is 1. The number of amides is 1. The van der Waals surface area contributed by atoms with Gasteiger partial charge in [0.05, 0.1) is 30.6 Å². The van der Waals surface area contributed by atoms with E-state index in [-0.39, 0.29) is 35.4 Å². The number of carbonyl (C=O) groups is 1. The number of nitrogens with zero attached hydrogens (tertiary/aromatic N) is 5. The third-order valence-corrected chi connectivity index (χ3v) is 8.53. The van der Waals surface area contributed by atoms with Gasteiger partial charge in [-0.2, -0.15) is 0 Å². The van der Waals surface area contributed by atoms with Gasteiger partial charge in [-0.1, -0.05) is 24.2 Å². The fourth-order valence-corrected chi connectivity index (χ4v) is 5.89. The lowest BCUT2D eigenvalue weighted by atomic mass is 9.89. The Morgan fingerprint density at radius 3 is 2.45 bits per heavy atom. The predicted molar refractivity (Wildman–Crippen MR) is 148 cm³/mol. The Bertz CT molecular complexity index is 1420. The van der Waals surface area contributed by atoms with E-state index in [1.165, 1.54) is 18.0 Å². The quantitative estimate of drug-likeness (QED) is 0.301. The molecule has 0 saturated carbocycles. The molecule has 2 fully saturated rings. The number of halogens is 3. The van der Waals surface area contributed by atoms with Crippen molar-refractivity contribution in [2.45, 2.75) is 75.5 Å². The summed E-state index contributed by atoms with van der Waals surface area (Å²) in [7, 11) is 1.43. The summed E-state index contributed by atoms with van der Waals surface area (Å²) in [5.74, 6) is -3.61. The molecule has 12 nitrogen and oxygen atoms in total. The zero-order valence-electron chi connectivity index (χ0n) is 24.6. The molecule has 2 aliphatic rings. The lowest BCUT2D eigenvalue weighted by Crippen LogP contribution is -2.57. The van der Waals surface area contributed by atoms with E-state index in [9.17, 15) is 28.2 Å². The van der Waals surface area contributed by atoms with Crippen LogP contribution in [-0.4, -0.2) is 98.4 Å². The number of carbonyl (C=O) groups excluding carboxylic acids is 1. The number of methoxy groups -OCH3 is 1. The van der Waals surface area contributed by atoms with Crippen LogP contribution in [0.3, 0.4) is 0 Å². The van der Waals surface area contributed by atoms with Gasteiger partial charge in [0, 0.05) is 44.2 Å². The Kier molecular flexibility index (Phi) is 9.70. The number of hydrogen-bond acceptors (Lipinski definition) is 10. The number of aromatic nitrogens is 4. The van der Waals surface area contributed by atoms with Gasteiger partial charge in [0.1, 0.15) is 35.8 Å². The average molecular weight is 623 g/mol. The molecule has 5 rings (SSSR count). The average Bonchev–Trinajstić information content (AvgIpc) is 3.70. The first-order valence-corrected chi connectivity index (χ1v) is 14.6. The minimum atomic E-state index is -1.60. The highest BCUT2D eigenvalue weighted by molar-refractivity contribution is 5.82. The topological polar surface area (TPSA) is 162 Å². The van der Waals surface area contributed by atoms with Crippen LogP contribution in [0.15, 0.2) is 28.9 Å². The van der Waals surface area contributed by atoms with Crippen molar-refractivity contribution < 1.29 is 42.2 Å². The van der Waals surface area contributed by atoms with Crippen LogP contribution in [0.2, 0.25) is 0 Å². The maximum Gasteiger partial charge on any atom is 0.239 e. The smallest absolute Gasteiger partial charge is 0.239 e. The maximum absolute atomic E-state index is 13.8. The van der Waals surface area contributed by atoms with E-state index in [1.807, 2.05) is 19.9 Å². The Hall–Kier alpha value is -3.37. The van der Waals surface area contributed by atoms with Crippen LogP contribution in [0.25, 0.3) is 11.3 Å². The number of likely N-dealkylation sites (tertiary alicyclic amines) is 1. The summed E-state index contributed by atoms with van der Waals surface area (Å²) in [6.45, 7) is 4.45. The van der Waals surface area contributed by atoms with Crippen LogP contribution in [-0.2, 0) is 20.7 Å². The van der Waals surface area contributed by atoms with Gasteiger partial charge < -0.3 is 34.8 Å². The second-order valence-corrected chi connectivity index (χ2v) is 11.7. The molecular formula is C29H37F3N6O6. The summed E-state index contributed by atoms with van der Waals surface area (Å²) < 4.78 is 59.8. The zero-order valence-corrected chi connectivity index (χ0v) is 24.6. The number of hydrogen-bond donors (Lipinski definition) is 3. The molecule has 240 valence electrons. The van der Waals surface area contributed by atoms with Crippen LogP contribution in [0.5, 0.6) is 0 Å². The maximum atomic E-state index is 13.8. The van der Waals surface area contributed by atoms with Crippen molar-refractivity contribution in [3.63, 3.8) is 0 Å². The third kappa shape index (κ3) is 6.38. The zero-order chi connectivity index (χ0) is 31.7. The second kappa shape index (κ2) is 13.3. The summed E-state index contributed by atoms with van der Waals surface area (Å²) in [4.78, 5) is 14.4. The molecule has 0 radical (unpaired) electrons. The molecule has 2 aromatic heterocycles. The highest BCUT2D eigenvalue weighted by atomic mass is 19.2. The van der Waals surface area contributed by atoms with Gasteiger partial charge in [0.2, 0.25) is 5.91 Å². The molecule has 0 aliphatic carbocycles. The van der Waals surface area contributed by atoms with Gasteiger partial charge in [-0.15, -0.1) is 5.10 Å². The molecular weight excluding hydrogens is 585 g/mol. The standard InChI is InChI=1S/C29H37F3N6O6/c1-14(2)25(33)29(41)37-6-4-15(5-7-37)21-10-17(35-44-21)11-22-28(42-3)26(27(40)23(13-39)43-22)38-12-20(34-36-38)16-8-18(30)24(32)19(31)9-16/h8-10,12,14-15,22-23,25-28,39-40H,4-7,11,13,33H2,1-3H3/t22-,23-,25+,26+,27+,28+/m1/s1. The summed E-state index contributed by atoms with van der Waals surface area (Å²) in [6.07, 6.45) is -0.887. The number of aliphatic hydroxyl groups excluding tert-OH is 2. The normalized spacial score (nSPS) is 25.5. The van der Waals surface area contributed by atoms with Gasteiger partial charge in [-0.05, 0) is 30.9 Å². The molecule has 1 aromatic carbocycles. The number of aliphatic hydroxyl groups is 2. The largest absolute Gasteiger partial charge is 0.394 e. The lowest BCUT2D eigenvalue weighted by Gasteiger charge is -2.43. The first kappa shape index (κ1) is 32.0. The Balaban J connectivity index is 1.30. The highest BCUT2D eigenvalue weighted by Gasteiger charge is 2.47. The fourth-order valence-electron chi connectivity index (χ4n) is 5.89. The van der Waals surface area contributed by atoms with E-state index in [0.29, 0.717) is 37.4 Å². The molecule has 2 saturated heterocycles. The van der Waals surface area contributed by atoms with Gasteiger partial charge in [-0.3, -0.25) is 4.79 Å². The molecule has 44 heavy (non-hydrogen) atoms. The first-order chi connectivity index (χ1) is 21.0. The number of benzene rings is 1. The van der Waals surface area contributed by atoms with Crippen molar-refractivity contribution in [3.8, 4) is 11.3 Å². The molecule has 0 unspecified atom stereocenters. The molecule has 2 aliphatic heterocycles. The van der Waals surface area contributed by atoms with Crippen LogP contribution >= 0.6 is 0 Å². The third-order valence-electron chi connectivity index (χ3n) is 8.53. The van der Waals surface area contributed by atoms with Crippen molar-refractivity contribution in [2.75, 3.05) is 26.8 Å². The summed E-state index contributed by atoms with van der Waals surface area (Å²) >= 11 is 0. The molecule has 0 spiro atoms. The van der Waals surface area contributed by atoms with E-state index >= 15 is 0 Å². The van der Waals surface area contributed by atoms with Crippen molar-refractivity contribution in [1.82, 2.24) is 25.1 Å². The van der Waals surface area contributed by atoms with Crippen LogP contribution in [0.4, 0.5) is 13.2 Å². The molecule has 4 heterocycles. The predicted octanol–water partition coefficient (Wildman–Crippen LogP) is 1.96. The minimum Gasteiger partial charge on any atom is -0.394 e. The Morgan fingerprint density at radius 1 is 1.16 bits per heavy atom. The monoisotopic (exact) mass is 622 g/mol. The van der Waals surface area contributed by atoms with Crippen LogP contribution in [0, 0.1) is 23.4 Å². The van der Waals surface area contributed by atoms with E-state index in [2.05, 4.69) is 15.5 Å². The Labute approximate surface area is 251 Å². The molecule has 6 atom stereocenters. The minimum absolute atomic E-state index is 0.0357. The van der Waals surface area contributed by atoms with Crippen molar-refractivity contribution in [3.05, 3.63) is 53.3 Å². The van der Waals surface area contributed by atoms with Gasteiger partial charge in [-0.25, -0.2) is 17.9 Å². The molecule has 3 aromatic rings. The number of ether oxygens (including phenoxy) is 2. The van der Waals surface area contributed by atoms with Crippen LogP contribution < -0.4 is 5.73 Å². The summed E-state index contributed by atoms with van der Waals surface area (Å²) in [6, 6.07) is 1.97. The molecule has 1 amide bonds. The lowest BCUT2D eigenvalue weighted by molar-refractivity contribution is -0.212. The first-order valence-electron chi connectivity index (χ1n) is 14.6. The van der Waals surface area contributed by atoms with E-state index < -0.39 is 60.6 Å². The molecule has 15 heteroatoms. The summed E-state index contributed by atoms with van der Waals surface area (Å²) in [5.41, 5.74) is 6.60. The number of nitrogens with two attached hydrogens (primary N) is 1. The number of rotatable bonds is 9. The van der Waals surface area contributed by atoms with E-state index in [4.69, 9.17) is 19.7 Å². The molecule has 4 N–H and O–H groups in total. The molecule has 0 bridgehead atoms. The van der Waals surface area contributed by atoms with Gasteiger partial charge >= 0.3 is 0 Å². The van der Waals surface area contributed by atoms with Crippen LogP contribution in [0.1, 0.15) is 50.1 Å². The Morgan fingerprint density at radius 2 is 1.84 bits per heavy atom. The van der Waals surface area contributed by atoms with E-state index in [1.54, 1.807) is 4.90 Å². The van der Waals surface area contributed by atoms with Gasteiger partial charge in [0.15, 0.2) is 17.5 Å². The van der Waals surface area contributed by atoms with E-state index in [0.717, 1.165) is 12.1 Å². The van der Waals surface area contributed by atoms with Crippen molar-refractivity contribution in [2.24, 2.45) is 11.7 Å². The SMILES string of the molecule is CO[C@@H]1[C@@H](n2cc(-c3cc(F)c(F)c(F)c3)nn2)[C@@H](O)[C@@H](CO)O[C@@H]1Cc1cc(C2CCN(C(=O)[C@@H](N)C(C)C)CC2)on1. The fraction of sp³-hybridized carbons (Fsp3) is 0.586. The highest BCUT2D eigenvalue weighted by Crippen LogP contribution is 2.35.